The van der Waals surface area contributed by atoms with Crippen molar-refractivity contribution in [2.45, 2.75) is 56.8 Å². The van der Waals surface area contributed by atoms with Crippen LogP contribution in [-0.2, 0) is 22.7 Å². The molecule has 7 nitrogen and oxygen atoms in total. The molecular formula is C20H24F2N4O3. The number of hydrogen-bond acceptors (Lipinski definition) is 5. The molecule has 0 aromatic heterocycles. The first-order valence-corrected chi connectivity index (χ1v) is 9.94. The second kappa shape index (κ2) is 7.79. The third kappa shape index (κ3) is 3.89. The van der Waals surface area contributed by atoms with E-state index in [0.29, 0.717) is 30.5 Å². The van der Waals surface area contributed by atoms with Crippen molar-refractivity contribution in [1.82, 2.24) is 20.9 Å². The van der Waals surface area contributed by atoms with Gasteiger partial charge >= 0.3 is 0 Å². The summed E-state index contributed by atoms with van der Waals surface area (Å²) >= 11 is 0. The second-order valence-corrected chi connectivity index (χ2v) is 7.83. The van der Waals surface area contributed by atoms with Crippen molar-refractivity contribution >= 4 is 17.7 Å². The molecule has 0 aliphatic carbocycles. The summed E-state index contributed by atoms with van der Waals surface area (Å²) in [6.45, 7) is 1.23. The van der Waals surface area contributed by atoms with E-state index in [2.05, 4.69) is 16.0 Å². The van der Waals surface area contributed by atoms with E-state index < -0.39 is 23.9 Å². The number of imide groups is 1. The standard InChI is InChI=1S/C20H24F2N4O3/c21-20(22)7-9-23-8-6-15(20)24-10-12-2-1-3-13-11-26(19(29)17(12)13)14-4-5-16(27)25-18(14)28/h1-3,14-15,23-24H,4-11H2,(H,25,27,28). The normalized spacial score (nSPS) is 26.8. The van der Waals surface area contributed by atoms with E-state index in [-0.39, 0.29) is 44.3 Å². The molecule has 3 aliphatic heterocycles. The van der Waals surface area contributed by atoms with E-state index >= 15 is 0 Å². The molecule has 1 aromatic rings. The minimum atomic E-state index is -2.82. The topological polar surface area (TPSA) is 90.5 Å². The van der Waals surface area contributed by atoms with Crippen LogP contribution in [0.25, 0.3) is 0 Å². The highest BCUT2D eigenvalue weighted by molar-refractivity contribution is 6.05. The SMILES string of the molecule is O=C1CCC(N2Cc3cccc(CNC4CCNCCC4(F)F)c3C2=O)C(=O)N1. The Kier molecular flexibility index (Phi) is 5.35. The number of amides is 3. The first-order valence-electron chi connectivity index (χ1n) is 9.94. The van der Waals surface area contributed by atoms with Crippen LogP contribution in [0.5, 0.6) is 0 Å². The van der Waals surface area contributed by atoms with Gasteiger partial charge in [0.15, 0.2) is 0 Å². The Morgan fingerprint density at radius 3 is 2.79 bits per heavy atom. The smallest absolute Gasteiger partial charge is 0.264 e. The summed E-state index contributed by atoms with van der Waals surface area (Å²) < 4.78 is 28.6. The van der Waals surface area contributed by atoms with E-state index in [1.807, 2.05) is 6.07 Å². The third-order valence-corrected chi connectivity index (χ3v) is 5.93. The van der Waals surface area contributed by atoms with E-state index in [4.69, 9.17) is 0 Å². The lowest BCUT2D eigenvalue weighted by atomic mass is 10.0. The van der Waals surface area contributed by atoms with Crippen LogP contribution in [0.2, 0.25) is 0 Å². The van der Waals surface area contributed by atoms with Crippen molar-refractivity contribution in [2.75, 3.05) is 13.1 Å². The molecular weight excluding hydrogens is 382 g/mol. The zero-order chi connectivity index (χ0) is 20.6. The number of nitrogens with one attached hydrogen (secondary N) is 3. The molecule has 2 saturated heterocycles. The van der Waals surface area contributed by atoms with Crippen LogP contribution in [0.3, 0.4) is 0 Å². The van der Waals surface area contributed by atoms with Crippen LogP contribution >= 0.6 is 0 Å². The van der Waals surface area contributed by atoms with Crippen LogP contribution < -0.4 is 16.0 Å². The van der Waals surface area contributed by atoms with E-state index in [9.17, 15) is 23.2 Å². The minimum Gasteiger partial charge on any atom is -0.322 e. The fourth-order valence-corrected chi connectivity index (χ4v) is 4.33. The quantitative estimate of drug-likeness (QED) is 0.647. The Morgan fingerprint density at radius 1 is 1.17 bits per heavy atom. The molecule has 0 radical (unpaired) electrons. The van der Waals surface area contributed by atoms with Gasteiger partial charge in [-0.15, -0.1) is 0 Å². The molecule has 0 spiro atoms. The molecule has 2 fully saturated rings. The van der Waals surface area contributed by atoms with Gasteiger partial charge in [-0.3, -0.25) is 19.7 Å². The third-order valence-electron chi connectivity index (χ3n) is 5.93. The number of nitrogens with zero attached hydrogens (tertiary/aromatic N) is 1. The molecule has 2 unspecified atom stereocenters. The molecule has 3 N–H and O–H groups in total. The maximum atomic E-state index is 14.3. The zero-order valence-electron chi connectivity index (χ0n) is 16.0. The van der Waals surface area contributed by atoms with Gasteiger partial charge in [-0.1, -0.05) is 18.2 Å². The number of alkyl halides is 2. The molecule has 0 saturated carbocycles. The molecule has 1 aromatic carbocycles. The van der Waals surface area contributed by atoms with Crippen LogP contribution in [0, 0.1) is 0 Å². The Bertz CT molecular complexity index is 845. The number of halogens is 2. The maximum absolute atomic E-state index is 14.3. The first kappa shape index (κ1) is 19.9. The molecule has 156 valence electrons. The lowest BCUT2D eigenvalue weighted by molar-refractivity contribution is -0.136. The number of carbonyl (C=O) groups excluding carboxylic acids is 3. The van der Waals surface area contributed by atoms with Crippen molar-refractivity contribution in [3.05, 3.63) is 34.9 Å². The van der Waals surface area contributed by atoms with Gasteiger partial charge in [-0.25, -0.2) is 8.78 Å². The number of fused-ring (bicyclic) bond motifs is 1. The summed E-state index contributed by atoms with van der Waals surface area (Å²) in [4.78, 5) is 38.1. The zero-order valence-corrected chi connectivity index (χ0v) is 16.0. The highest BCUT2D eigenvalue weighted by Crippen LogP contribution is 2.31. The van der Waals surface area contributed by atoms with Gasteiger partial charge in [0.2, 0.25) is 11.8 Å². The van der Waals surface area contributed by atoms with Crippen molar-refractivity contribution in [2.24, 2.45) is 0 Å². The van der Waals surface area contributed by atoms with Crippen LogP contribution in [0.1, 0.15) is 47.2 Å². The number of piperidine rings is 1. The number of carbonyl (C=O) groups is 3. The lowest BCUT2D eigenvalue weighted by Gasteiger charge is -2.29. The van der Waals surface area contributed by atoms with E-state index in [1.165, 1.54) is 4.90 Å². The Morgan fingerprint density at radius 2 is 2.00 bits per heavy atom. The monoisotopic (exact) mass is 406 g/mol. The summed E-state index contributed by atoms with van der Waals surface area (Å²) in [5.41, 5.74) is 1.89. The number of rotatable bonds is 4. The predicted molar refractivity (Wildman–Crippen MR) is 100 cm³/mol. The van der Waals surface area contributed by atoms with Crippen molar-refractivity contribution in [3.63, 3.8) is 0 Å². The minimum absolute atomic E-state index is 0.151. The molecule has 9 heteroatoms. The van der Waals surface area contributed by atoms with Gasteiger partial charge in [0.25, 0.3) is 11.8 Å². The van der Waals surface area contributed by atoms with Crippen LogP contribution in [-0.4, -0.2) is 53.7 Å². The fraction of sp³-hybridized carbons (Fsp3) is 0.550. The van der Waals surface area contributed by atoms with Gasteiger partial charge in [0.05, 0.1) is 6.04 Å². The second-order valence-electron chi connectivity index (χ2n) is 7.83. The molecule has 2 atom stereocenters. The fourth-order valence-electron chi connectivity index (χ4n) is 4.33. The predicted octanol–water partition coefficient (Wildman–Crippen LogP) is 0.924. The largest absolute Gasteiger partial charge is 0.322 e. The van der Waals surface area contributed by atoms with Crippen LogP contribution in [0.4, 0.5) is 8.78 Å². The van der Waals surface area contributed by atoms with E-state index in [0.717, 1.165) is 5.56 Å². The van der Waals surface area contributed by atoms with Gasteiger partial charge in [0, 0.05) is 38.0 Å². The van der Waals surface area contributed by atoms with Gasteiger partial charge < -0.3 is 15.5 Å². The molecule has 3 aliphatic rings. The summed E-state index contributed by atoms with van der Waals surface area (Å²) in [6.07, 6.45) is 0.563. The molecule has 29 heavy (non-hydrogen) atoms. The van der Waals surface area contributed by atoms with Gasteiger partial charge in [-0.2, -0.15) is 0 Å². The summed E-state index contributed by atoms with van der Waals surface area (Å²) in [5, 5.41) is 8.21. The average molecular weight is 406 g/mol. The van der Waals surface area contributed by atoms with Gasteiger partial charge in [-0.05, 0) is 30.5 Å². The maximum Gasteiger partial charge on any atom is 0.264 e. The molecule has 3 heterocycles. The summed E-state index contributed by atoms with van der Waals surface area (Å²) in [5.74, 6) is -3.91. The highest BCUT2D eigenvalue weighted by Gasteiger charge is 2.42. The Labute approximate surface area is 167 Å². The highest BCUT2D eigenvalue weighted by atomic mass is 19.3. The summed E-state index contributed by atoms with van der Waals surface area (Å²) in [6, 6.07) is 3.71. The molecule has 3 amide bonds. The molecule has 4 rings (SSSR count). The Hall–Kier alpha value is -2.39. The number of hydrogen-bond donors (Lipinski definition) is 3. The molecule has 0 bridgehead atoms. The van der Waals surface area contributed by atoms with Crippen LogP contribution in [0.15, 0.2) is 18.2 Å². The Balaban J connectivity index is 1.50. The lowest BCUT2D eigenvalue weighted by Crippen LogP contribution is -2.52. The first-order chi connectivity index (χ1) is 13.9. The van der Waals surface area contributed by atoms with Gasteiger partial charge in [0.1, 0.15) is 6.04 Å². The van der Waals surface area contributed by atoms with Crippen molar-refractivity contribution < 1.29 is 23.2 Å². The van der Waals surface area contributed by atoms with Crippen molar-refractivity contribution in [3.8, 4) is 0 Å². The average Bonchev–Trinajstić information content (AvgIpc) is 2.90. The number of benzene rings is 1. The summed E-state index contributed by atoms with van der Waals surface area (Å²) in [7, 11) is 0. The van der Waals surface area contributed by atoms with E-state index in [1.54, 1.807) is 12.1 Å². The van der Waals surface area contributed by atoms with Crippen molar-refractivity contribution in [1.29, 1.82) is 0 Å².